The molecule has 1 atom stereocenters. The van der Waals surface area contributed by atoms with E-state index >= 15 is 0 Å². The first-order chi connectivity index (χ1) is 9.10. The molecule has 5 nitrogen and oxygen atoms in total. The van der Waals surface area contributed by atoms with E-state index in [9.17, 15) is 22.8 Å². The number of rotatable bonds is 3. The minimum Gasteiger partial charge on any atom is -0.481 e. The van der Waals surface area contributed by atoms with Crippen molar-refractivity contribution in [3.63, 3.8) is 0 Å². The molecule has 2 aliphatic rings. The molecule has 1 heterocycles. The number of halogens is 3. The van der Waals surface area contributed by atoms with Crippen molar-refractivity contribution >= 4 is 12.0 Å². The van der Waals surface area contributed by atoms with Crippen molar-refractivity contribution in [1.82, 2.24) is 10.2 Å². The first kappa shape index (κ1) is 14.9. The van der Waals surface area contributed by atoms with Crippen LogP contribution in [0.15, 0.2) is 0 Å². The van der Waals surface area contributed by atoms with Gasteiger partial charge in [-0.15, -0.1) is 0 Å². The van der Waals surface area contributed by atoms with Crippen molar-refractivity contribution in [2.45, 2.75) is 32.4 Å². The molecule has 2 N–H and O–H groups in total. The molecule has 1 saturated heterocycles. The first-order valence-electron chi connectivity index (χ1n) is 6.43. The van der Waals surface area contributed by atoms with Crippen LogP contribution in [0.1, 0.15) is 26.2 Å². The van der Waals surface area contributed by atoms with Crippen LogP contribution in [-0.2, 0) is 4.79 Å². The normalized spacial score (nSPS) is 28.3. The zero-order valence-electron chi connectivity index (χ0n) is 11.1. The van der Waals surface area contributed by atoms with Crippen LogP contribution < -0.4 is 5.32 Å². The van der Waals surface area contributed by atoms with E-state index in [4.69, 9.17) is 5.11 Å². The number of hydrogen-bond donors (Lipinski definition) is 2. The average Bonchev–Trinajstić information content (AvgIpc) is 2.90. The van der Waals surface area contributed by atoms with E-state index in [0.717, 1.165) is 17.7 Å². The van der Waals surface area contributed by atoms with Gasteiger partial charge in [0.25, 0.3) is 0 Å². The van der Waals surface area contributed by atoms with E-state index in [1.807, 2.05) is 6.92 Å². The second-order valence-corrected chi connectivity index (χ2v) is 6.03. The maximum Gasteiger partial charge on any atom is 0.406 e. The fourth-order valence-corrected chi connectivity index (χ4v) is 2.30. The molecule has 1 aliphatic carbocycles. The van der Waals surface area contributed by atoms with Gasteiger partial charge in [-0.2, -0.15) is 13.2 Å². The van der Waals surface area contributed by atoms with Crippen LogP contribution in [0.3, 0.4) is 0 Å². The summed E-state index contributed by atoms with van der Waals surface area (Å²) in [6, 6.07) is -0.620. The number of alkyl halides is 3. The fraction of sp³-hybridized carbons (Fsp3) is 0.833. The summed E-state index contributed by atoms with van der Waals surface area (Å²) in [6.45, 7) is 1.37. The Kier molecular flexibility index (Phi) is 3.38. The van der Waals surface area contributed by atoms with Crippen LogP contribution in [0, 0.1) is 10.8 Å². The maximum atomic E-state index is 12.9. The zero-order valence-corrected chi connectivity index (χ0v) is 11.1. The second-order valence-electron chi connectivity index (χ2n) is 6.03. The monoisotopic (exact) mass is 294 g/mol. The lowest BCUT2D eigenvalue weighted by atomic mass is 9.86. The number of urea groups is 1. The van der Waals surface area contributed by atoms with Gasteiger partial charge in [-0.25, -0.2) is 4.79 Å². The van der Waals surface area contributed by atoms with Crippen molar-refractivity contribution in [3.05, 3.63) is 0 Å². The van der Waals surface area contributed by atoms with Crippen molar-refractivity contribution in [1.29, 1.82) is 0 Å². The van der Waals surface area contributed by atoms with E-state index in [2.05, 4.69) is 5.32 Å². The number of carbonyl (C=O) groups is 2. The predicted octanol–water partition coefficient (Wildman–Crippen LogP) is 1.84. The summed E-state index contributed by atoms with van der Waals surface area (Å²) in [7, 11) is 0. The number of amides is 2. The van der Waals surface area contributed by atoms with Crippen LogP contribution in [0.2, 0.25) is 0 Å². The number of aliphatic carboxylic acids is 1. The molecule has 0 radical (unpaired) electrons. The van der Waals surface area contributed by atoms with E-state index < -0.39 is 36.6 Å². The van der Waals surface area contributed by atoms with Gasteiger partial charge in [0.2, 0.25) is 0 Å². The smallest absolute Gasteiger partial charge is 0.406 e. The Morgan fingerprint density at radius 1 is 1.30 bits per heavy atom. The van der Waals surface area contributed by atoms with Crippen molar-refractivity contribution in [3.8, 4) is 0 Å². The topological polar surface area (TPSA) is 69.6 Å². The van der Waals surface area contributed by atoms with Gasteiger partial charge in [0.05, 0.1) is 0 Å². The highest BCUT2D eigenvalue weighted by atomic mass is 19.4. The molecule has 0 aromatic rings. The third-order valence-corrected chi connectivity index (χ3v) is 4.28. The minimum absolute atomic E-state index is 0.0449. The number of likely N-dealkylation sites (tertiary alicyclic amines) is 1. The Morgan fingerprint density at radius 3 is 2.30 bits per heavy atom. The maximum absolute atomic E-state index is 12.9. The Morgan fingerprint density at radius 2 is 1.90 bits per heavy atom. The van der Waals surface area contributed by atoms with Gasteiger partial charge >= 0.3 is 18.2 Å². The molecule has 0 aromatic carbocycles. The molecule has 0 aromatic heterocycles. The quantitative estimate of drug-likeness (QED) is 0.834. The van der Waals surface area contributed by atoms with E-state index in [1.54, 1.807) is 0 Å². The van der Waals surface area contributed by atoms with Gasteiger partial charge in [-0.05, 0) is 24.7 Å². The molecule has 2 fully saturated rings. The third-order valence-electron chi connectivity index (χ3n) is 4.28. The number of carboxylic acids is 1. The Hall–Kier alpha value is -1.47. The zero-order chi connectivity index (χ0) is 15.2. The van der Waals surface area contributed by atoms with Crippen molar-refractivity contribution < 1.29 is 27.9 Å². The summed E-state index contributed by atoms with van der Waals surface area (Å²) in [5.41, 5.74) is -2.79. The average molecular weight is 294 g/mol. The Balaban J connectivity index is 1.99. The summed E-state index contributed by atoms with van der Waals surface area (Å²) < 4.78 is 38.8. The molecular weight excluding hydrogens is 277 g/mol. The highest BCUT2D eigenvalue weighted by Crippen LogP contribution is 2.46. The van der Waals surface area contributed by atoms with Gasteiger partial charge in [0.15, 0.2) is 5.41 Å². The standard InChI is InChI=1S/C12H17F3N2O3/c1-10(2-3-10)6-16-9(20)17-5-4-11(7-17,8(18)19)12(13,14)15/h2-7H2,1H3,(H,16,20)(H,18,19). The van der Waals surface area contributed by atoms with Crippen molar-refractivity contribution in [2.24, 2.45) is 10.8 Å². The van der Waals surface area contributed by atoms with Gasteiger partial charge < -0.3 is 15.3 Å². The summed E-state index contributed by atoms with van der Waals surface area (Å²) in [5, 5.41) is 11.5. The van der Waals surface area contributed by atoms with Crippen molar-refractivity contribution in [2.75, 3.05) is 19.6 Å². The van der Waals surface area contributed by atoms with Gasteiger partial charge in [0, 0.05) is 19.6 Å². The fourth-order valence-electron chi connectivity index (χ4n) is 2.30. The van der Waals surface area contributed by atoms with E-state index in [0.29, 0.717) is 6.54 Å². The number of nitrogens with one attached hydrogen (secondary N) is 1. The number of carbonyl (C=O) groups excluding carboxylic acids is 1. The van der Waals surface area contributed by atoms with Gasteiger partial charge in [-0.1, -0.05) is 6.92 Å². The molecule has 1 aliphatic heterocycles. The van der Waals surface area contributed by atoms with E-state index in [1.165, 1.54) is 0 Å². The van der Waals surface area contributed by atoms with Gasteiger partial charge in [-0.3, -0.25) is 4.79 Å². The van der Waals surface area contributed by atoms with Crippen LogP contribution in [0.5, 0.6) is 0 Å². The molecular formula is C12H17F3N2O3. The van der Waals surface area contributed by atoms with E-state index in [-0.39, 0.29) is 12.0 Å². The highest BCUT2D eigenvalue weighted by Gasteiger charge is 2.64. The SMILES string of the molecule is CC1(CNC(=O)N2CCC(C(=O)O)(C(F)(F)F)C2)CC1. The molecule has 1 saturated carbocycles. The van der Waals surface area contributed by atoms with Crippen LogP contribution in [0.4, 0.5) is 18.0 Å². The molecule has 0 bridgehead atoms. The number of nitrogens with zero attached hydrogens (tertiary/aromatic N) is 1. The second kappa shape index (κ2) is 4.53. The summed E-state index contributed by atoms with van der Waals surface area (Å²) in [5.74, 6) is -1.92. The number of carboxylic acid groups (broad SMARTS) is 1. The Bertz CT molecular complexity index is 434. The molecule has 8 heteroatoms. The molecule has 114 valence electrons. The third kappa shape index (κ3) is 2.55. The first-order valence-corrected chi connectivity index (χ1v) is 6.43. The lowest BCUT2D eigenvalue weighted by Crippen LogP contribution is -2.49. The molecule has 0 spiro atoms. The molecule has 1 unspecified atom stereocenters. The predicted molar refractivity (Wildman–Crippen MR) is 63.1 cm³/mol. The largest absolute Gasteiger partial charge is 0.481 e. The lowest BCUT2D eigenvalue weighted by molar-refractivity contribution is -0.226. The lowest BCUT2D eigenvalue weighted by Gasteiger charge is -2.27. The molecule has 2 rings (SSSR count). The summed E-state index contributed by atoms with van der Waals surface area (Å²) >= 11 is 0. The minimum atomic E-state index is -4.86. The van der Waals surface area contributed by atoms with Crippen LogP contribution in [0.25, 0.3) is 0 Å². The molecule has 20 heavy (non-hydrogen) atoms. The van der Waals surface area contributed by atoms with Gasteiger partial charge in [0.1, 0.15) is 0 Å². The summed E-state index contributed by atoms with van der Waals surface area (Å²) in [4.78, 5) is 23.7. The molecule has 2 amide bonds. The summed E-state index contributed by atoms with van der Waals surface area (Å²) in [6.07, 6.45) is -3.50. The van der Waals surface area contributed by atoms with Crippen LogP contribution >= 0.6 is 0 Å². The van der Waals surface area contributed by atoms with Crippen LogP contribution in [-0.4, -0.2) is 47.8 Å². The number of hydrogen-bond acceptors (Lipinski definition) is 2. The Labute approximate surface area is 114 Å². The highest BCUT2D eigenvalue weighted by molar-refractivity contribution is 5.80.